The summed E-state index contributed by atoms with van der Waals surface area (Å²) in [4.78, 5) is 51.0. The van der Waals surface area contributed by atoms with Crippen LogP contribution < -0.4 is 16.2 Å². The molecule has 3 N–H and O–H groups in total. The van der Waals surface area contributed by atoms with Gasteiger partial charge in [0.05, 0.1) is 18.0 Å². The maximum atomic E-state index is 12.5. The van der Waals surface area contributed by atoms with Crippen LogP contribution in [0.4, 0.5) is 5.69 Å². The zero-order valence-electron chi connectivity index (χ0n) is 13.1. The fourth-order valence-electron chi connectivity index (χ4n) is 2.15. The second-order valence-electron chi connectivity index (χ2n) is 5.13. The van der Waals surface area contributed by atoms with Gasteiger partial charge in [-0.15, -0.1) is 0 Å². The maximum absolute atomic E-state index is 12.5. The number of nitrogens with zero attached hydrogens (tertiary/aromatic N) is 2. The van der Waals surface area contributed by atoms with Crippen molar-refractivity contribution in [2.45, 2.75) is 0 Å². The van der Waals surface area contributed by atoms with Crippen LogP contribution in [0.25, 0.3) is 5.65 Å². The molecule has 0 spiro atoms. The lowest BCUT2D eigenvalue weighted by atomic mass is 10.2. The van der Waals surface area contributed by atoms with E-state index in [1.54, 1.807) is 0 Å². The summed E-state index contributed by atoms with van der Waals surface area (Å²) in [6.07, 6.45) is 3.73. The molecule has 10 heteroatoms. The van der Waals surface area contributed by atoms with Crippen LogP contribution in [0.3, 0.4) is 0 Å². The highest BCUT2D eigenvalue weighted by Gasteiger charge is 2.14. The Kier molecular flexibility index (Phi) is 4.48. The first-order valence-corrected chi connectivity index (χ1v) is 7.32. The van der Waals surface area contributed by atoms with E-state index < -0.39 is 29.9 Å². The number of aromatic nitrogens is 2. The van der Waals surface area contributed by atoms with Crippen LogP contribution in [0.5, 0.6) is 0 Å². The average molecular weight is 356 g/mol. The van der Waals surface area contributed by atoms with E-state index >= 15 is 0 Å². The number of nitrogens with one attached hydrogen (secondary N) is 2. The average Bonchev–Trinajstić information content (AvgIpc) is 3.16. The molecule has 0 aliphatic rings. The van der Waals surface area contributed by atoms with Crippen molar-refractivity contribution >= 4 is 29.1 Å². The first-order valence-electron chi connectivity index (χ1n) is 7.32. The van der Waals surface area contributed by atoms with Crippen molar-refractivity contribution in [3.63, 3.8) is 0 Å². The van der Waals surface area contributed by atoms with Crippen LogP contribution >= 0.6 is 0 Å². The Morgan fingerprint density at radius 3 is 2.69 bits per heavy atom. The number of hydrogen-bond donors (Lipinski definition) is 3. The number of anilines is 1. The van der Waals surface area contributed by atoms with Crippen molar-refractivity contribution in [3.05, 3.63) is 64.6 Å². The number of carbonyl (C=O) groups is 3. The molecule has 3 heterocycles. The van der Waals surface area contributed by atoms with Crippen LogP contribution in [0.2, 0.25) is 0 Å². The third-order valence-corrected chi connectivity index (χ3v) is 3.36. The topological polar surface area (TPSA) is 143 Å². The first kappa shape index (κ1) is 16.9. The minimum Gasteiger partial charge on any atom is -0.480 e. The fraction of sp³-hybridized carbons (Fsp3) is 0.0625. The number of pyridine rings is 1. The molecule has 0 radical (unpaired) electrons. The summed E-state index contributed by atoms with van der Waals surface area (Å²) in [5.41, 5.74) is -0.396. The van der Waals surface area contributed by atoms with Crippen molar-refractivity contribution in [1.29, 1.82) is 0 Å². The molecule has 3 aromatic rings. The minimum absolute atomic E-state index is 0.0243. The molecular formula is C16H12N4O6. The molecule has 10 nitrogen and oxygen atoms in total. The van der Waals surface area contributed by atoms with E-state index in [1.165, 1.54) is 42.9 Å². The summed E-state index contributed by atoms with van der Waals surface area (Å²) >= 11 is 0. The Hall–Kier alpha value is -3.95. The van der Waals surface area contributed by atoms with E-state index in [-0.39, 0.29) is 22.7 Å². The van der Waals surface area contributed by atoms with Gasteiger partial charge in [0, 0.05) is 6.20 Å². The van der Waals surface area contributed by atoms with E-state index in [0.29, 0.717) is 0 Å². The predicted octanol–water partition coefficient (Wildman–Crippen LogP) is 0.354. The molecule has 0 bridgehead atoms. The van der Waals surface area contributed by atoms with Gasteiger partial charge in [0.2, 0.25) is 0 Å². The first-order chi connectivity index (χ1) is 12.5. The number of furan rings is 1. The second kappa shape index (κ2) is 6.89. The highest BCUT2D eigenvalue weighted by atomic mass is 16.4. The van der Waals surface area contributed by atoms with Gasteiger partial charge in [-0.05, 0) is 24.3 Å². The largest absolute Gasteiger partial charge is 0.480 e. The van der Waals surface area contributed by atoms with Crippen molar-refractivity contribution in [2.24, 2.45) is 0 Å². The smallest absolute Gasteiger partial charge is 0.322 e. The normalized spacial score (nSPS) is 10.5. The Morgan fingerprint density at radius 1 is 1.19 bits per heavy atom. The summed E-state index contributed by atoms with van der Waals surface area (Å²) in [6, 6.07) is 5.80. The summed E-state index contributed by atoms with van der Waals surface area (Å²) in [6.45, 7) is -0.552. The molecular weight excluding hydrogens is 344 g/mol. The highest BCUT2D eigenvalue weighted by Crippen LogP contribution is 2.08. The third-order valence-electron chi connectivity index (χ3n) is 3.36. The van der Waals surface area contributed by atoms with Crippen molar-refractivity contribution < 1.29 is 23.9 Å². The Morgan fingerprint density at radius 2 is 2.00 bits per heavy atom. The van der Waals surface area contributed by atoms with Gasteiger partial charge >= 0.3 is 5.97 Å². The maximum Gasteiger partial charge on any atom is 0.322 e. The molecule has 0 atom stereocenters. The monoisotopic (exact) mass is 356 g/mol. The number of aliphatic carboxylic acids is 1. The summed E-state index contributed by atoms with van der Waals surface area (Å²) < 4.78 is 6.03. The highest BCUT2D eigenvalue weighted by molar-refractivity contribution is 6.02. The van der Waals surface area contributed by atoms with Crippen LogP contribution in [0.15, 0.2) is 52.1 Å². The molecule has 0 aliphatic carbocycles. The number of carboxylic acids is 1. The molecule has 2 amide bonds. The van der Waals surface area contributed by atoms with Gasteiger partial charge < -0.3 is 20.2 Å². The van der Waals surface area contributed by atoms with E-state index in [0.717, 1.165) is 4.40 Å². The standard InChI is InChI=1S/C16H12N4O6/c21-13(22)7-18-14(23)9-3-4-12-17-6-10(16(25)20(12)8-9)19-15(24)11-2-1-5-26-11/h1-6,8H,7H2,(H,18,23)(H,19,24)(H,21,22). The molecule has 0 saturated heterocycles. The second-order valence-corrected chi connectivity index (χ2v) is 5.13. The van der Waals surface area contributed by atoms with E-state index in [2.05, 4.69) is 15.6 Å². The van der Waals surface area contributed by atoms with Gasteiger partial charge in [0.25, 0.3) is 17.4 Å². The molecule has 3 rings (SSSR count). The zero-order valence-corrected chi connectivity index (χ0v) is 13.1. The summed E-state index contributed by atoms with van der Waals surface area (Å²) in [5, 5.41) is 13.2. The summed E-state index contributed by atoms with van der Waals surface area (Å²) in [7, 11) is 0. The summed E-state index contributed by atoms with van der Waals surface area (Å²) in [5.74, 6) is -2.45. The molecule has 0 aliphatic heterocycles. The molecule has 0 aromatic carbocycles. The molecule has 132 valence electrons. The van der Waals surface area contributed by atoms with Crippen LogP contribution in [-0.2, 0) is 4.79 Å². The SMILES string of the molecule is O=C(O)CNC(=O)c1ccc2ncc(NC(=O)c3ccco3)c(=O)n2c1. The number of carbonyl (C=O) groups excluding carboxylic acids is 2. The van der Waals surface area contributed by atoms with Crippen molar-refractivity contribution in [1.82, 2.24) is 14.7 Å². The fourth-order valence-corrected chi connectivity index (χ4v) is 2.15. The van der Waals surface area contributed by atoms with Gasteiger partial charge in [-0.2, -0.15) is 0 Å². The molecule has 0 saturated carbocycles. The molecule has 0 unspecified atom stereocenters. The number of fused-ring (bicyclic) bond motifs is 1. The molecule has 3 aromatic heterocycles. The van der Waals surface area contributed by atoms with Crippen LogP contribution in [0.1, 0.15) is 20.9 Å². The van der Waals surface area contributed by atoms with Gasteiger partial charge in [-0.3, -0.25) is 23.6 Å². The van der Waals surface area contributed by atoms with Crippen molar-refractivity contribution in [3.8, 4) is 0 Å². The van der Waals surface area contributed by atoms with Gasteiger partial charge in [-0.1, -0.05) is 0 Å². The Bertz CT molecular complexity index is 1050. The lowest BCUT2D eigenvalue weighted by Crippen LogP contribution is -2.30. The number of hydrogen-bond acceptors (Lipinski definition) is 6. The Balaban J connectivity index is 1.91. The van der Waals surface area contributed by atoms with Gasteiger partial charge in [0.1, 0.15) is 17.9 Å². The van der Waals surface area contributed by atoms with Crippen LogP contribution in [0, 0.1) is 0 Å². The van der Waals surface area contributed by atoms with Gasteiger partial charge in [0.15, 0.2) is 5.76 Å². The number of carboxylic acid groups (broad SMARTS) is 1. The lowest BCUT2D eigenvalue weighted by molar-refractivity contribution is -0.135. The lowest BCUT2D eigenvalue weighted by Gasteiger charge is -2.07. The van der Waals surface area contributed by atoms with E-state index in [9.17, 15) is 19.2 Å². The molecule has 0 fully saturated rings. The van der Waals surface area contributed by atoms with Crippen molar-refractivity contribution in [2.75, 3.05) is 11.9 Å². The van der Waals surface area contributed by atoms with Gasteiger partial charge in [-0.25, -0.2) is 4.98 Å². The minimum atomic E-state index is -1.19. The number of rotatable bonds is 5. The number of amides is 2. The Labute approximate surface area is 145 Å². The van der Waals surface area contributed by atoms with E-state index in [1.807, 2.05) is 0 Å². The van der Waals surface area contributed by atoms with E-state index in [4.69, 9.17) is 9.52 Å². The predicted molar refractivity (Wildman–Crippen MR) is 88.1 cm³/mol. The third kappa shape index (κ3) is 3.43. The molecule has 26 heavy (non-hydrogen) atoms. The quantitative estimate of drug-likeness (QED) is 0.598. The van der Waals surface area contributed by atoms with Crippen LogP contribution in [-0.4, -0.2) is 38.8 Å². The zero-order chi connectivity index (χ0) is 18.7.